The van der Waals surface area contributed by atoms with Gasteiger partial charge in [-0.05, 0) is 35.2 Å². The number of nitrogens with one attached hydrogen (secondary N) is 1. The quantitative estimate of drug-likeness (QED) is 0.909. The normalized spacial score (nSPS) is 10.2. The number of carbonyl (C=O) groups is 2. The second kappa shape index (κ2) is 5.86. The molecule has 0 aliphatic carbocycles. The molecule has 1 heterocycles. The SMILES string of the molecule is O=C(O)Cc1cc(Cl)ccc1NC(=O)c1cccs1. The van der Waals surface area contributed by atoms with Crippen LogP contribution in [0.5, 0.6) is 0 Å². The Kier molecular flexibility index (Phi) is 4.19. The van der Waals surface area contributed by atoms with Gasteiger partial charge in [0.25, 0.3) is 5.91 Å². The van der Waals surface area contributed by atoms with E-state index in [2.05, 4.69) is 5.32 Å². The highest BCUT2D eigenvalue weighted by Crippen LogP contribution is 2.22. The van der Waals surface area contributed by atoms with Gasteiger partial charge in [0.15, 0.2) is 0 Å². The van der Waals surface area contributed by atoms with E-state index >= 15 is 0 Å². The van der Waals surface area contributed by atoms with Crippen molar-refractivity contribution in [3.8, 4) is 0 Å². The summed E-state index contributed by atoms with van der Waals surface area (Å²) in [7, 11) is 0. The Balaban J connectivity index is 2.24. The summed E-state index contributed by atoms with van der Waals surface area (Å²) in [4.78, 5) is 23.3. The molecule has 1 amide bonds. The number of aliphatic carboxylic acids is 1. The molecule has 0 radical (unpaired) electrons. The third-order valence-electron chi connectivity index (χ3n) is 2.40. The summed E-state index contributed by atoms with van der Waals surface area (Å²) in [6.45, 7) is 0. The minimum absolute atomic E-state index is 0.194. The van der Waals surface area contributed by atoms with Crippen molar-refractivity contribution in [1.82, 2.24) is 0 Å². The summed E-state index contributed by atoms with van der Waals surface area (Å²) in [6.07, 6.45) is -0.194. The highest BCUT2D eigenvalue weighted by Gasteiger charge is 2.12. The fraction of sp³-hybridized carbons (Fsp3) is 0.0769. The molecule has 0 bridgehead atoms. The fourth-order valence-electron chi connectivity index (χ4n) is 1.59. The first-order valence-corrected chi connectivity index (χ1v) is 6.67. The molecule has 0 aliphatic heterocycles. The van der Waals surface area contributed by atoms with E-state index in [1.807, 2.05) is 0 Å². The van der Waals surface area contributed by atoms with E-state index in [9.17, 15) is 9.59 Å². The Morgan fingerprint density at radius 3 is 2.74 bits per heavy atom. The molecule has 1 aromatic carbocycles. The van der Waals surface area contributed by atoms with Crippen LogP contribution in [-0.4, -0.2) is 17.0 Å². The molecular weight excluding hydrogens is 286 g/mol. The average Bonchev–Trinajstić information content (AvgIpc) is 2.85. The van der Waals surface area contributed by atoms with Crippen LogP contribution in [0.2, 0.25) is 5.02 Å². The Morgan fingerprint density at radius 2 is 2.11 bits per heavy atom. The standard InChI is InChI=1S/C13H10ClNO3S/c14-9-3-4-10(8(6-9)7-12(16)17)15-13(18)11-2-1-5-19-11/h1-6H,7H2,(H,15,18)(H,16,17). The Bertz CT molecular complexity index is 610. The molecule has 2 rings (SSSR count). The van der Waals surface area contributed by atoms with Gasteiger partial charge in [0, 0.05) is 10.7 Å². The van der Waals surface area contributed by atoms with Gasteiger partial charge in [0.05, 0.1) is 11.3 Å². The number of hydrogen-bond donors (Lipinski definition) is 2. The molecule has 0 unspecified atom stereocenters. The van der Waals surface area contributed by atoms with Crippen LogP contribution in [-0.2, 0) is 11.2 Å². The number of benzene rings is 1. The molecule has 1 aromatic heterocycles. The second-order valence-electron chi connectivity index (χ2n) is 3.80. The van der Waals surface area contributed by atoms with Crippen LogP contribution in [0.1, 0.15) is 15.2 Å². The van der Waals surface area contributed by atoms with Crippen molar-refractivity contribution in [1.29, 1.82) is 0 Å². The molecule has 19 heavy (non-hydrogen) atoms. The number of carboxylic acid groups (broad SMARTS) is 1. The van der Waals surface area contributed by atoms with Crippen molar-refractivity contribution in [2.45, 2.75) is 6.42 Å². The van der Waals surface area contributed by atoms with E-state index in [4.69, 9.17) is 16.7 Å². The molecule has 0 fully saturated rings. The zero-order valence-electron chi connectivity index (χ0n) is 9.72. The van der Waals surface area contributed by atoms with Crippen LogP contribution < -0.4 is 5.32 Å². The first-order valence-electron chi connectivity index (χ1n) is 5.41. The monoisotopic (exact) mass is 295 g/mol. The highest BCUT2D eigenvalue weighted by atomic mass is 35.5. The number of rotatable bonds is 4. The molecular formula is C13H10ClNO3S. The van der Waals surface area contributed by atoms with Crippen molar-refractivity contribution >= 4 is 40.5 Å². The molecule has 4 nitrogen and oxygen atoms in total. The maximum Gasteiger partial charge on any atom is 0.307 e. The third kappa shape index (κ3) is 3.56. The number of halogens is 1. The summed E-state index contributed by atoms with van der Waals surface area (Å²) in [6, 6.07) is 8.23. The lowest BCUT2D eigenvalue weighted by atomic mass is 10.1. The summed E-state index contributed by atoms with van der Waals surface area (Å²) >= 11 is 7.15. The molecule has 0 saturated heterocycles. The van der Waals surface area contributed by atoms with Gasteiger partial charge in [-0.25, -0.2) is 0 Å². The van der Waals surface area contributed by atoms with Crippen molar-refractivity contribution in [2.75, 3.05) is 5.32 Å². The first-order chi connectivity index (χ1) is 9.06. The number of carboxylic acids is 1. The number of carbonyl (C=O) groups excluding carboxylic acids is 1. The zero-order chi connectivity index (χ0) is 13.8. The van der Waals surface area contributed by atoms with Crippen molar-refractivity contribution in [2.24, 2.45) is 0 Å². The van der Waals surface area contributed by atoms with Crippen LogP contribution in [0, 0.1) is 0 Å². The van der Waals surface area contributed by atoms with Gasteiger partial charge >= 0.3 is 5.97 Å². The van der Waals surface area contributed by atoms with Crippen LogP contribution in [0.25, 0.3) is 0 Å². The third-order valence-corrected chi connectivity index (χ3v) is 3.51. The van der Waals surface area contributed by atoms with E-state index in [0.717, 1.165) is 0 Å². The van der Waals surface area contributed by atoms with Crippen molar-refractivity contribution in [3.63, 3.8) is 0 Å². The summed E-state index contributed by atoms with van der Waals surface area (Å²) in [5, 5.41) is 13.8. The van der Waals surface area contributed by atoms with Crippen molar-refractivity contribution in [3.05, 3.63) is 51.2 Å². The number of amides is 1. The Hall–Kier alpha value is -1.85. The van der Waals surface area contributed by atoms with Gasteiger partial charge < -0.3 is 10.4 Å². The predicted octanol–water partition coefficient (Wildman–Crippen LogP) is 3.28. The van der Waals surface area contributed by atoms with Crippen LogP contribution in [0.4, 0.5) is 5.69 Å². The minimum atomic E-state index is -0.978. The van der Waals surface area contributed by atoms with Crippen molar-refractivity contribution < 1.29 is 14.7 Å². The molecule has 0 aliphatic rings. The topological polar surface area (TPSA) is 66.4 Å². The van der Waals surface area contributed by atoms with Gasteiger partial charge in [0.2, 0.25) is 0 Å². The molecule has 2 aromatic rings. The average molecular weight is 296 g/mol. The smallest absolute Gasteiger partial charge is 0.307 e. The lowest BCUT2D eigenvalue weighted by Gasteiger charge is -2.09. The van der Waals surface area contributed by atoms with E-state index in [0.29, 0.717) is 21.2 Å². The van der Waals surface area contributed by atoms with Gasteiger partial charge in [-0.15, -0.1) is 11.3 Å². The Labute approximate surface area is 118 Å². The van der Waals surface area contributed by atoms with Crippen LogP contribution in [0.3, 0.4) is 0 Å². The number of thiophene rings is 1. The lowest BCUT2D eigenvalue weighted by molar-refractivity contribution is -0.136. The van der Waals surface area contributed by atoms with E-state index < -0.39 is 5.97 Å². The first kappa shape index (κ1) is 13.6. The van der Waals surface area contributed by atoms with E-state index in [1.54, 1.807) is 35.7 Å². The fourth-order valence-corrected chi connectivity index (χ4v) is 2.40. The van der Waals surface area contributed by atoms with Gasteiger partial charge in [-0.1, -0.05) is 17.7 Å². The zero-order valence-corrected chi connectivity index (χ0v) is 11.3. The second-order valence-corrected chi connectivity index (χ2v) is 5.19. The van der Waals surface area contributed by atoms with Crippen LogP contribution in [0.15, 0.2) is 35.7 Å². The summed E-state index contributed by atoms with van der Waals surface area (Å²) in [5.74, 6) is -1.24. The van der Waals surface area contributed by atoms with Gasteiger partial charge in [-0.2, -0.15) is 0 Å². The maximum atomic E-state index is 11.9. The van der Waals surface area contributed by atoms with Gasteiger partial charge in [0.1, 0.15) is 0 Å². The van der Waals surface area contributed by atoms with Crippen LogP contribution >= 0.6 is 22.9 Å². The maximum absolute atomic E-state index is 11.9. The van der Waals surface area contributed by atoms with E-state index in [1.165, 1.54) is 11.3 Å². The Morgan fingerprint density at radius 1 is 1.32 bits per heavy atom. The largest absolute Gasteiger partial charge is 0.481 e. The molecule has 98 valence electrons. The predicted molar refractivity (Wildman–Crippen MR) is 75.1 cm³/mol. The van der Waals surface area contributed by atoms with Gasteiger partial charge in [-0.3, -0.25) is 9.59 Å². The highest BCUT2D eigenvalue weighted by molar-refractivity contribution is 7.12. The molecule has 0 spiro atoms. The minimum Gasteiger partial charge on any atom is -0.481 e. The number of anilines is 1. The summed E-state index contributed by atoms with van der Waals surface area (Å²) < 4.78 is 0. The molecule has 0 atom stereocenters. The molecule has 0 saturated carbocycles. The summed E-state index contributed by atoms with van der Waals surface area (Å²) in [5.41, 5.74) is 0.940. The lowest BCUT2D eigenvalue weighted by Crippen LogP contribution is -2.13. The molecule has 6 heteroatoms. The van der Waals surface area contributed by atoms with E-state index in [-0.39, 0.29) is 12.3 Å². The number of hydrogen-bond acceptors (Lipinski definition) is 3. The molecule has 2 N–H and O–H groups in total.